The van der Waals surface area contributed by atoms with Crippen LogP contribution in [-0.4, -0.2) is 23.6 Å². The molecule has 3 aromatic heterocycles. The van der Waals surface area contributed by atoms with Gasteiger partial charge in [0.1, 0.15) is 11.8 Å². The largest absolute Gasteiger partial charge is 0.368 e. The lowest BCUT2D eigenvalue weighted by molar-refractivity contribution is -0.124. The molecule has 4 heterocycles. The summed E-state index contributed by atoms with van der Waals surface area (Å²) in [7, 11) is 0. The van der Waals surface area contributed by atoms with Crippen molar-refractivity contribution in [2.45, 2.75) is 18.9 Å². The van der Waals surface area contributed by atoms with E-state index in [1.54, 1.807) is 22.7 Å². The second kappa shape index (κ2) is 6.52. The fraction of sp³-hybridized carbons (Fsp3) is 0.250. The highest BCUT2D eigenvalue weighted by molar-refractivity contribution is 7.24. The number of amides is 1. The van der Waals surface area contributed by atoms with Crippen LogP contribution in [0, 0.1) is 0 Å². The van der Waals surface area contributed by atoms with Crippen LogP contribution in [0.15, 0.2) is 35.0 Å². The van der Waals surface area contributed by atoms with Gasteiger partial charge in [-0.05, 0) is 35.7 Å². The van der Waals surface area contributed by atoms with E-state index in [1.807, 2.05) is 17.5 Å². The van der Waals surface area contributed by atoms with Gasteiger partial charge in [-0.1, -0.05) is 23.5 Å². The summed E-state index contributed by atoms with van der Waals surface area (Å²) in [6.07, 6.45) is 1.39. The monoisotopic (exact) mass is 362 g/mol. The molecular weight excluding hydrogens is 348 g/mol. The maximum absolute atomic E-state index is 12.2. The molecule has 7 heteroatoms. The molecule has 3 aromatic rings. The van der Waals surface area contributed by atoms with Gasteiger partial charge in [-0.25, -0.2) is 4.98 Å². The predicted molar refractivity (Wildman–Crippen MR) is 96.3 cm³/mol. The summed E-state index contributed by atoms with van der Waals surface area (Å²) in [4.78, 5) is 20.3. The minimum atomic E-state index is -0.339. The number of anilines is 1. The van der Waals surface area contributed by atoms with Gasteiger partial charge in [-0.15, -0.1) is 22.7 Å². The molecule has 4 nitrogen and oxygen atoms in total. The van der Waals surface area contributed by atoms with Crippen molar-refractivity contribution in [1.29, 1.82) is 0 Å². The van der Waals surface area contributed by atoms with Crippen LogP contribution in [0.1, 0.15) is 12.8 Å². The molecule has 4 rings (SSSR count). The number of aromatic nitrogens is 1. The fourth-order valence-corrected chi connectivity index (χ4v) is 5.12. The van der Waals surface area contributed by atoms with Crippen LogP contribution >= 0.6 is 34.0 Å². The zero-order valence-electron chi connectivity index (χ0n) is 12.2. The van der Waals surface area contributed by atoms with Crippen molar-refractivity contribution in [3.05, 3.63) is 35.0 Å². The molecule has 23 heavy (non-hydrogen) atoms. The van der Waals surface area contributed by atoms with Gasteiger partial charge in [0.05, 0.1) is 9.75 Å². The number of nitrogens with one attached hydrogen (secondary N) is 1. The van der Waals surface area contributed by atoms with Crippen molar-refractivity contribution in [3.8, 4) is 20.3 Å². The molecule has 0 radical (unpaired) electrons. The number of carbonyl (C=O) groups is 1. The quantitative estimate of drug-likeness (QED) is 0.731. The van der Waals surface area contributed by atoms with Crippen LogP contribution in [0.2, 0.25) is 0 Å². The van der Waals surface area contributed by atoms with E-state index in [1.165, 1.54) is 16.2 Å². The standard InChI is InChI=1S/C16H14N2O2S3/c19-15(10-4-1-7-20-10)18-16-17-13(11-5-2-8-21-11)14(23-16)12-6-3-9-22-12/h2-3,5-6,8-10H,1,4,7H2,(H,17,18,19)/t10-/m1/s1. The molecule has 1 amide bonds. The fourth-order valence-electron chi connectivity index (χ4n) is 2.50. The Morgan fingerprint density at radius 3 is 2.65 bits per heavy atom. The summed E-state index contributed by atoms with van der Waals surface area (Å²) in [6.45, 7) is 0.664. The number of thiophene rings is 2. The number of ether oxygens (including phenoxy) is 1. The van der Waals surface area contributed by atoms with Crippen molar-refractivity contribution < 1.29 is 9.53 Å². The Morgan fingerprint density at radius 1 is 1.22 bits per heavy atom. The van der Waals surface area contributed by atoms with Gasteiger partial charge in [-0.3, -0.25) is 10.1 Å². The number of thiazole rings is 1. The second-order valence-electron chi connectivity index (χ2n) is 5.14. The van der Waals surface area contributed by atoms with E-state index < -0.39 is 0 Å². The molecule has 1 N–H and O–H groups in total. The molecule has 0 aromatic carbocycles. The number of hydrogen-bond donors (Lipinski definition) is 1. The minimum absolute atomic E-state index is 0.0910. The van der Waals surface area contributed by atoms with Crippen LogP contribution in [-0.2, 0) is 9.53 Å². The van der Waals surface area contributed by atoms with E-state index in [-0.39, 0.29) is 12.0 Å². The molecule has 1 atom stereocenters. The van der Waals surface area contributed by atoms with Gasteiger partial charge in [0.15, 0.2) is 5.13 Å². The Balaban J connectivity index is 1.66. The normalized spacial score (nSPS) is 17.5. The lowest BCUT2D eigenvalue weighted by atomic mass is 10.2. The van der Waals surface area contributed by atoms with Gasteiger partial charge in [0.25, 0.3) is 5.91 Å². The smallest absolute Gasteiger partial charge is 0.255 e. The van der Waals surface area contributed by atoms with Crippen molar-refractivity contribution in [2.24, 2.45) is 0 Å². The van der Waals surface area contributed by atoms with Crippen molar-refractivity contribution in [1.82, 2.24) is 4.98 Å². The van der Waals surface area contributed by atoms with Crippen LogP contribution in [0.25, 0.3) is 20.3 Å². The second-order valence-corrected chi connectivity index (χ2v) is 8.04. The summed E-state index contributed by atoms with van der Waals surface area (Å²) in [5.74, 6) is -0.0910. The molecule has 0 aliphatic carbocycles. The first-order valence-corrected chi connectivity index (χ1v) is 9.90. The van der Waals surface area contributed by atoms with Crippen LogP contribution in [0.4, 0.5) is 5.13 Å². The number of nitrogens with zero attached hydrogens (tertiary/aromatic N) is 1. The first kappa shape index (κ1) is 15.0. The molecule has 1 fully saturated rings. The third-order valence-electron chi connectivity index (χ3n) is 3.58. The Morgan fingerprint density at radius 2 is 2.00 bits per heavy atom. The Labute approximate surface area is 145 Å². The maximum atomic E-state index is 12.2. The van der Waals surface area contributed by atoms with Gasteiger partial charge in [-0.2, -0.15) is 0 Å². The summed E-state index contributed by atoms with van der Waals surface area (Å²) in [5.41, 5.74) is 0.940. The number of hydrogen-bond acceptors (Lipinski definition) is 6. The van der Waals surface area contributed by atoms with Gasteiger partial charge >= 0.3 is 0 Å². The molecule has 1 saturated heterocycles. The molecule has 0 spiro atoms. The van der Waals surface area contributed by atoms with E-state index in [2.05, 4.69) is 27.8 Å². The zero-order valence-corrected chi connectivity index (χ0v) is 14.6. The average molecular weight is 363 g/mol. The van der Waals surface area contributed by atoms with Gasteiger partial charge in [0.2, 0.25) is 0 Å². The van der Waals surface area contributed by atoms with Crippen LogP contribution in [0.5, 0.6) is 0 Å². The highest BCUT2D eigenvalue weighted by Crippen LogP contribution is 2.42. The Bertz CT molecular complexity index is 736. The number of rotatable bonds is 4. The van der Waals surface area contributed by atoms with E-state index >= 15 is 0 Å². The van der Waals surface area contributed by atoms with Crippen molar-refractivity contribution >= 4 is 45.0 Å². The van der Waals surface area contributed by atoms with Gasteiger partial charge in [0, 0.05) is 11.5 Å². The highest BCUT2D eigenvalue weighted by Gasteiger charge is 2.25. The molecule has 1 aliphatic rings. The summed E-state index contributed by atoms with van der Waals surface area (Å²) in [5, 5.41) is 7.65. The molecule has 0 unspecified atom stereocenters. The highest BCUT2D eigenvalue weighted by atomic mass is 32.1. The maximum Gasteiger partial charge on any atom is 0.255 e. The van der Waals surface area contributed by atoms with E-state index in [0.717, 1.165) is 28.3 Å². The first-order chi connectivity index (χ1) is 11.3. The third kappa shape index (κ3) is 3.10. The lowest BCUT2D eigenvalue weighted by Gasteiger charge is -2.07. The van der Waals surface area contributed by atoms with E-state index in [9.17, 15) is 4.79 Å². The van der Waals surface area contributed by atoms with E-state index in [0.29, 0.717) is 11.7 Å². The summed E-state index contributed by atoms with van der Waals surface area (Å²) >= 11 is 4.86. The lowest BCUT2D eigenvalue weighted by Crippen LogP contribution is -2.26. The van der Waals surface area contributed by atoms with Crippen molar-refractivity contribution in [3.63, 3.8) is 0 Å². The first-order valence-electron chi connectivity index (χ1n) is 7.32. The molecule has 0 bridgehead atoms. The predicted octanol–water partition coefficient (Wildman–Crippen LogP) is 4.72. The summed E-state index contributed by atoms with van der Waals surface area (Å²) < 4.78 is 5.44. The SMILES string of the molecule is O=C(Nc1nc(-c2cccs2)c(-c2cccs2)s1)[C@H]1CCCO1. The third-order valence-corrected chi connectivity index (χ3v) is 6.48. The van der Waals surface area contributed by atoms with Crippen LogP contribution in [0.3, 0.4) is 0 Å². The Hall–Kier alpha value is -1.54. The Kier molecular flexibility index (Phi) is 4.26. The van der Waals surface area contributed by atoms with E-state index in [4.69, 9.17) is 4.74 Å². The molecule has 0 saturated carbocycles. The average Bonchev–Trinajstić information content (AvgIpc) is 3.30. The van der Waals surface area contributed by atoms with Crippen molar-refractivity contribution in [2.75, 3.05) is 11.9 Å². The molecule has 1 aliphatic heterocycles. The topological polar surface area (TPSA) is 51.2 Å². The zero-order chi connectivity index (χ0) is 15.6. The van der Waals surface area contributed by atoms with Crippen LogP contribution < -0.4 is 5.32 Å². The molecular formula is C16H14N2O2S3. The minimum Gasteiger partial charge on any atom is -0.368 e. The van der Waals surface area contributed by atoms with Gasteiger partial charge < -0.3 is 4.74 Å². The number of carbonyl (C=O) groups excluding carboxylic acids is 1. The molecule has 118 valence electrons. The summed E-state index contributed by atoms with van der Waals surface area (Å²) in [6, 6.07) is 8.19.